The van der Waals surface area contributed by atoms with Crippen LogP contribution in [0.2, 0.25) is 0 Å². The summed E-state index contributed by atoms with van der Waals surface area (Å²) in [6.07, 6.45) is 1.51. The lowest BCUT2D eigenvalue weighted by Gasteiger charge is -2.25. The van der Waals surface area contributed by atoms with Crippen LogP contribution >= 0.6 is 0 Å². The van der Waals surface area contributed by atoms with E-state index in [1.807, 2.05) is 6.07 Å². The van der Waals surface area contributed by atoms with Gasteiger partial charge in [-0.3, -0.25) is 14.5 Å². The van der Waals surface area contributed by atoms with Crippen molar-refractivity contribution in [3.05, 3.63) is 64.4 Å². The predicted molar refractivity (Wildman–Crippen MR) is 104 cm³/mol. The number of ether oxygens (including phenoxy) is 1. The Bertz CT molecular complexity index is 1110. The van der Waals surface area contributed by atoms with Gasteiger partial charge < -0.3 is 9.15 Å². The molecule has 1 aromatic carbocycles. The van der Waals surface area contributed by atoms with Crippen LogP contribution in [0.3, 0.4) is 0 Å². The van der Waals surface area contributed by atoms with E-state index >= 15 is 0 Å². The van der Waals surface area contributed by atoms with Gasteiger partial charge in [-0.1, -0.05) is 12.1 Å². The van der Waals surface area contributed by atoms with Gasteiger partial charge >= 0.3 is 5.97 Å². The van der Waals surface area contributed by atoms with Gasteiger partial charge in [0.05, 0.1) is 12.7 Å². The minimum Gasteiger partial charge on any atom is -0.465 e. The van der Waals surface area contributed by atoms with Gasteiger partial charge in [0.25, 0.3) is 11.8 Å². The molecule has 1 aliphatic rings. The van der Waals surface area contributed by atoms with Gasteiger partial charge in [-0.15, -0.1) is 0 Å². The van der Waals surface area contributed by atoms with Crippen molar-refractivity contribution in [3.63, 3.8) is 0 Å². The number of amides is 2. The molecule has 0 spiro atoms. The number of nitriles is 1. The number of esters is 1. The first-order valence-electron chi connectivity index (χ1n) is 8.89. The first kappa shape index (κ1) is 19.8. The summed E-state index contributed by atoms with van der Waals surface area (Å²) in [5.74, 6) is -0.637. The van der Waals surface area contributed by atoms with Crippen molar-refractivity contribution in [3.8, 4) is 17.4 Å². The van der Waals surface area contributed by atoms with E-state index in [-0.39, 0.29) is 17.7 Å². The molecule has 0 fully saturated rings. The standard InChI is InChI=1S/C22H18N2O5/c1-4-24-20(25)17(13(2)18(12-23)21(24)26)11-16-8-9-19(29-16)14-6-5-7-15(10-14)22(27)28-3/h5-11H,4H2,1-3H3. The Labute approximate surface area is 167 Å². The first-order chi connectivity index (χ1) is 13.9. The van der Waals surface area contributed by atoms with Crippen LogP contribution in [-0.4, -0.2) is 36.3 Å². The largest absolute Gasteiger partial charge is 0.465 e. The van der Waals surface area contributed by atoms with E-state index in [1.165, 1.54) is 13.2 Å². The second kappa shape index (κ2) is 7.98. The molecule has 0 atom stereocenters. The van der Waals surface area contributed by atoms with Crippen molar-refractivity contribution in [2.24, 2.45) is 0 Å². The average molecular weight is 390 g/mol. The maximum absolute atomic E-state index is 12.7. The molecule has 0 aliphatic carbocycles. The van der Waals surface area contributed by atoms with Crippen molar-refractivity contribution >= 4 is 23.9 Å². The summed E-state index contributed by atoms with van der Waals surface area (Å²) in [7, 11) is 1.31. The highest BCUT2D eigenvalue weighted by Crippen LogP contribution is 2.29. The number of rotatable bonds is 4. The molecule has 1 aliphatic heterocycles. The minimum absolute atomic E-state index is 0.0599. The van der Waals surface area contributed by atoms with Crippen molar-refractivity contribution in [1.29, 1.82) is 5.26 Å². The van der Waals surface area contributed by atoms with E-state index in [0.717, 1.165) is 4.90 Å². The molecule has 0 bridgehead atoms. The quantitative estimate of drug-likeness (QED) is 0.451. The number of nitrogens with zero attached hydrogens (tertiary/aromatic N) is 2. The molecule has 2 aromatic rings. The molecule has 146 valence electrons. The molecule has 0 saturated heterocycles. The fourth-order valence-corrected chi connectivity index (χ4v) is 3.06. The van der Waals surface area contributed by atoms with Crippen LogP contribution in [0.1, 0.15) is 30.0 Å². The van der Waals surface area contributed by atoms with Gasteiger partial charge in [-0.05, 0) is 49.8 Å². The zero-order valence-corrected chi connectivity index (χ0v) is 16.2. The summed E-state index contributed by atoms with van der Waals surface area (Å²) in [6.45, 7) is 3.40. The van der Waals surface area contributed by atoms with Gasteiger partial charge in [0.1, 0.15) is 23.2 Å². The lowest BCUT2D eigenvalue weighted by molar-refractivity contribution is -0.140. The number of benzene rings is 1. The number of carbonyl (C=O) groups excluding carboxylic acids is 3. The van der Waals surface area contributed by atoms with Crippen molar-refractivity contribution < 1.29 is 23.5 Å². The zero-order chi connectivity index (χ0) is 21.1. The normalized spacial score (nSPS) is 15.7. The smallest absolute Gasteiger partial charge is 0.337 e. The van der Waals surface area contributed by atoms with Gasteiger partial charge in [0.15, 0.2) is 0 Å². The van der Waals surface area contributed by atoms with E-state index in [9.17, 15) is 19.6 Å². The summed E-state index contributed by atoms with van der Waals surface area (Å²) < 4.78 is 10.5. The molecular formula is C22H18N2O5. The number of hydrogen-bond acceptors (Lipinski definition) is 6. The Morgan fingerprint density at radius 2 is 2.00 bits per heavy atom. The predicted octanol–water partition coefficient (Wildman–Crippen LogP) is 3.35. The third-order valence-electron chi connectivity index (χ3n) is 4.62. The van der Waals surface area contributed by atoms with Crippen LogP contribution in [-0.2, 0) is 14.3 Å². The Morgan fingerprint density at radius 3 is 2.66 bits per heavy atom. The SMILES string of the molecule is CCN1C(=O)C(=Cc2ccc(-c3cccc(C(=O)OC)c3)o2)C(C)=C(C#N)C1=O. The fraction of sp³-hybridized carbons (Fsp3) is 0.182. The van der Waals surface area contributed by atoms with Crippen LogP contribution < -0.4 is 0 Å². The molecule has 0 unspecified atom stereocenters. The first-order valence-corrected chi connectivity index (χ1v) is 8.89. The fourth-order valence-electron chi connectivity index (χ4n) is 3.06. The summed E-state index contributed by atoms with van der Waals surface area (Å²) in [5, 5.41) is 9.30. The molecule has 7 heteroatoms. The van der Waals surface area contributed by atoms with Crippen LogP contribution in [0, 0.1) is 11.3 Å². The monoisotopic (exact) mass is 390 g/mol. The molecular weight excluding hydrogens is 372 g/mol. The second-order valence-electron chi connectivity index (χ2n) is 6.30. The maximum Gasteiger partial charge on any atom is 0.337 e. The highest BCUT2D eigenvalue weighted by atomic mass is 16.5. The molecule has 1 aromatic heterocycles. The number of furan rings is 1. The Kier molecular flexibility index (Phi) is 5.46. The molecule has 7 nitrogen and oxygen atoms in total. The molecule has 29 heavy (non-hydrogen) atoms. The van der Waals surface area contributed by atoms with Gasteiger partial charge in [-0.2, -0.15) is 5.26 Å². The number of imide groups is 1. The van der Waals surface area contributed by atoms with E-state index < -0.39 is 17.8 Å². The summed E-state index contributed by atoms with van der Waals surface area (Å²) in [6, 6.07) is 12.0. The third kappa shape index (κ3) is 3.60. The third-order valence-corrected chi connectivity index (χ3v) is 4.62. The molecule has 0 N–H and O–H groups in total. The van der Waals surface area contributed by atoms with Crippen molar-refractivity contribution in [2.75, 3.05) is 13.7 Å². The Balaban J connectivity index is 2.01. The van der Waals surface area contributed by atoms with Gasteiger partial charge in [0.2, 0.25) is 0 Å². The van der Waals surface area contributed by atoms with E-state index in [0.29, 0.717) is 28.2 Å². The molecule has 0 radical (unpaired) electrons. The van der Waals surface area contributed by atoms with Crippen LogP contribution in [0.4, 0.5) is 0 Å². The highest BCUT2D eigenvalue weighted by molar-refractivity contribution is 6.19. The van der Waals surface area contributed by atoms with Crippen LogP contribution in [0.25, 0.3) is 17.4 Å². The zero-order valence-electron chi connectivity index (χ0n) is 16.2. The minimum atomic E-state index is -0.589. The Hall–Kier alpha value is -3.92. The highest BCUT2D eigenvalue weighted by Gasteiger charge is 2.34. The molecule has 3 rings (SSSR count). The molecule has 2 amide bonds. The molecule has 0 saturated carbocycles. The summed E-state index contributed by atoms with van der Waals surface area (Å²) >= 11 is 0. The van der Waals surface area contributed by atoms with Crippen LogP contribution in [0.5, 0.6) is 0 Å². The lowest BCUT2D eigenvalue weighted by Crippen LogP contribution is -2.42. The number of carbonyl (C=O) groups is 3. The molecule has 2 heterocycles. The van der Waals surface area contributed by atoms with E-state index in [4.69, 9.17) is 9.15 Å². The summed E-state index contributed by atoms with van der Waals surface area (Å²) in [5.41, 5.74) is 1.54. The van der Waals surface area contributed by atoms with Gasteiger partial charge in [0, 0.05) is 17.7 Å². The Morgan fingerprint density at radius 1 is 1.24 bits per heavy atom. The van der Waals surface area contributed by atoms with Gasteiger partial charge in [-0.25, -0.2) is 4.79 Å². The lowest BCUT2D eigenvalue weighted by atomic mass is 9.95. The average Bonchev–Trinajstić information content (AvgIpc) is 3.20. The van der Waals surface area contributed by atoms with Crippen molar-refractivity contribution in [1.82, 2.24) is 4.90 Å². The second-order valence-corrected chi connectivity index (χ2v) is 6.30. The van der Waals surface area contributed by atoms with E-state index in [1.54, 1.807) is 50.2 Å². The summed E-state index contributed by atoms with van der Waals surface area (Å²) in [4.78, 5) is 37.7. The van der Waals surface area contributed by atoms with E-state index in [2.05, 4.69) is 0 Å². The van der Waals surface area contributed by atoms with Crippen LogP contribution in [0.15, 0.2) is 57.5 Å². The number of likely N-dealkylation sites (N-methyl/N-ethyl adjacent to an activating group) is 1. The number of hydrogen-bond donors (Lipinski definition) is 0. The maximum atomic E-state index is 12.7. The van der Waals surface area contributed by atoms with Crippen molar-refractivity contribution in [2.45, 2.75) is 13.8 Å². The topological polar surface area (TPSA) is 101 Å². The number of methoxy groups -OCH3 is 1.